The van der Waals surface area contributed by atoms with Crippen molar-refractivity contribution >= 4 is 5.91 Å². The number of hydrogen-bond acceptors (Lipinski definition) is 5. The zero-order valence-corrected chi connectivity index (χ0v) is 9.93. The Bertz CT molecular complexity index is 256. The summed E-state index contributed by atoms with van der Waals surface area (Å²) in [6, 6.07) is -0.0347. The predicted octanol–water partition coefficient (Wildman–Crippen LogP) is -1.42. The van der Waals surface area contributed by atoms with Crippen molar-refractivity contribution in [3.63, 3.8) is 0 Å². The van der Waals surface area contributed by atoms with Gasteiger partial charge in [0.05, 0.1) is 38.6 Å². The van der Waals surface area contributed by atoms with Crippen molar-refractivity contribution in [3.8, 4) is 0 Å². The van der Waals surface area contributed by atoms with Crippen LogP contribution in [-0.4, -0.2) is 74.1 Å². The van der Waals surface area contributed by atoms with Crippen molar-refractivity contribution in [3.05, 3.63) is 0 Å². The lowest BCUT2D eigenvalue weighted by Crippen LogP contribution is -2.44. The third kappa shape index (κ3) is 3.64. The number of carbonyl (C=O) groups excluding carboxylic acids is 1. The molecule has 2 saturated heterocycles. The van der Waals surface area contributed by atoms with Crippen LogP contribution in [0.3, 0.4) is 0 Å². The standard InChI is InChI=1S/C11H20N2O4/c14-10-8-17-7-9(10)12-2-1-11(15)13-3-5-16-6-4-13/h9-10,12,14H,1-8H2. The maximum atomic E-state index is 11.8. The summed E-state index contributed by atoms with van der Waals surface area (Å²) in [5.41, 5.74) is 0. The van der Waals surface area contributed by atoms with Gasteiger partial charge >= 0.3 is 0 Å². The molecule has 0 aromatic rings. The van der Waals surface area contributed by atoms with E-state index in [-0.39, 0.29) is 11.9 Å². The molecule has 2 heterocycles. The summed E-state index contributed by atoms with van der Waals surface area (Å²) in [4.78, 5) is 13.6. The summed E-state index contributed by atoms with van der Waals surface area (Å²) >= 11 is 0. The van der Waals surface area contributed by atoms with Crippen LogP contribution in [0, 0.1) is 0 Å². The van der Waals surface area contributed by atoms with Crippen LogP contribution in [-0.2, 0) is 14.3 Å². The number of morpholine rings is 1. The number of rotatable bonds is 4. The fraction of sp³-hybridized carbons (Fsp3) is 0.909. The largest absolute Gasteiger partial charge is 0.389 e. The Balaban J connectivity index is 1.62. The monoisotopic (exact) mass is 244 g/mol. The van der Waals surface area contributed by atoms with Gasteiger partial charge in [0.15, 0.2) is 0 Å². The van der Waals surface area contributed by atoms with E-state index < -0.39 is 6.10 Å². The van der Waals surface area contributed by atoms with E-state index in [1.54, 1.807) is 0 Å². The van der Waals surface area contributed by atoms with Gasteiger partial charge in [-0.2, -0.15) is 0 Å². The van der Waals surface area contributed by atoms with Gasteiger partial charge in [0.25, 0.3) is 0 Å². The molecule has 0 aromatic carbocycles. The molecule has 0 radical (unpaired) electrons. The first kappa shape index (κ1) is 12.8. The molecule has 2 aliphatic heterocycles. The quantitative estimate of drug-likeness (QED) is 0.635. The smallest absolute Gasteiger partial charge is 0.224 e. The molecule has 0 aliphatic carbocycles. The van der Waals surface area contributed by atoms with Gasteiger partial charge in [-0.15, -0.1) is 0 Å². The highest BCUT2D eigenvalue weighted by Crippen LogP contribution is 2.05. The van der Waals surface area contributed by atoms with Crippen LogP contribution >= 0.6 is 0 Å². The van der Waals surface area contributed by atoms with Gasteiger partial charge in [-0.1, -0.05) is 0 Å². The number of carbonyl (C=O) groups is 1. The van der Waals surface area contributed by atoms with Crippen molar-refractivity contribution in [2.24, 2.45) is 0 Å². The highest BCUT2D eigenvalue weighted by molar-refractivity contribution is 5.76. The van der Waals surface area contributed by atoms with Gasteiger partial charge in [0.1, 0.15) is 0 Å². The minimum absolute atomic E-state index is 0.0347. The van der Waals surface area contributed by atoms with Gasteiger partial charge in [0.2, 0.25) is 5.91 Å². The first-order valence-corrected chi connectivity index (χ1v) is 6.12. The van der Waals surface area contributed by atoms with Crippen molar-refractivity contribution in [1.29, 1.82) is 0 Å². The Morgan fingerprint density at radius 3 is 2.71 bits per heavy atom. The van der Waals surface area contributed by atoms with E-state index in [1.165, 1.54) is 0 Å². The summed E-state index contributed by atoms with van der Waals surface area (Å²) in [7, 11) is 0. The normalized spacial score (nSPS) is 29.6. The zero-order chi connectivity index (χ0) is 12.1. The van der Waals surface area contributed by atoms with E-state index in [9.17, 15) is 9.90 Å². The summed E-state index contributed by atoms with van der Waals surface area (Å²) in [6.07, 6.45) is 0.0111. The van der Waals surface area contributed by atoms with Crippen molar-refractivity contribution < 1.29 is 19.4 Å². The fourth-order valence-electron chi connectivity index (χ4n) is 2.07. The molecule has 2 fully saturated rings. The minimum Gasteiger partial charge on any atom is -0.389 e. The molecule has 0 saturated carbocycles. The lowest BCUT2D eigenvalue weighted by molar-refractivity contribution is -0.135. The van der Waals surface area contributed by atoms with Crippen LogP contribution in [0.2, 0.25) is 0 Å². The van der Waals surface area contributed by atoms with Crippen molar-refractivity contribution in [2.45, 2.75) is 18.6 Å². The van der Waals surface area contributed by atoms with Gasteiger partial charge in [0, 0.05) is 26.1 Å². The molecule has 6 nitrogen and oxygen atoms in total. The Labute approximate surface area is 101 Å². The van der Waals surface area contributed by atoms with Crippen LogP contribution in [0.5, 0.6) is 0 Å². The average molecular weight is 244 g/mol. The first-order chi connectivity index (χ1) is 8.27. The van der Waals surface area contributed by atoms with Crippen molar-refractivity contribution in [1.82, 2.24) is 10.2 Å². The number of nitrogens with one attached hydrogen (secondary N) is 1. The van der Waals surface area contributed by atoms with Crippen molar-refractivity contribution in [2.75, 3.05) is 46.1 Å². The molecular weight excluding hydrogens is 224 g/mol. The van der Waals surface area contributed by atoms with Crippen LogP contribution < -0.4 is 5.32 Å². The lowest BCUT2D eigenvalue weighted by Gasteiger charge is -2.27. The molecular formula is C11H20N2O4. The number of aliphatic hydroxyl groups excluding tert-OH is 1. The molecule has 6 heteroatoms. The van der Waals surface area contributed by atoms with E-state index in [1.807, 2.05) is 4.90 Å². The van der Waals surface area contributed by atoms with E-state index in [0.717, 1.165) is 0 Å². The van der Waals surface area contributed by atoms with Crippen LogP contribution in [0.25, 0.3) is 0 Å². The lowest BCUT2D eigenvalue weighted by atomic mass is 10.2. The number of ether oxygens (including phenoxy) is 2. The highest BCUT2D eigenvalue weighted by atomic mass is 16.5. The minimum atomic E-state index is -0.450. The third-order valence-electron chi connectivity index (χ3n) is 3.16. The molecule has 2 atom stereocenters. The van der Waals surface area contributed by atoms with Gasteiger partial charge in [-0.25, -0.2) is 0 Å². The Morgan fingerprint density at radius 1 is 1.29 bits per heavy atom. The molecule has 1 amide bonds. The molecule has 0 spiro atoms. The second-order valence-corrected chi connectivity index (χ2v) is 4.41. The summed E-state index contributed by atoms with van der Waals surface area (Å²) in [5.74, 6) is 0.147. The Hall–Kier alpha value is -0.690. The summed E-state index contributed by atoms with van der Waals surface area (Å²) in [6.45, 7) is 4.13. The second-order valence-electron chi connectivity index (χ2n) is 4.41. The summed E-state index contributed by atoms with van der Waals surface area (Å²) < 4.78 is 10.3. The first-order valence-electron chi connectivity index (χ1n) is 6.12. The number of nitrogens with zero attached hydrogens (tertiary/aromatic N) is 1. The molecule has 0 bridgehead atoms. The van der Waals surface area contributed by atoms with Crippen LogP contribution in [0.4, 0.5) is 0 Å². The molecule has 2 unspecified atom stereocenters. The summed E-state index contributed by atoms with van der Waals surface area (Å²) in [5, 5.41) is 12.7. The van der Waals surface area contributed by atoms with E-state index in [2.05, 4.69) is 5.32 Å². The zero-order valence-electron chi connectivity index (χ0n) is 9.93. The number of aliphatic hydroxyl groups is 1. The maximum absolute atomic E-state index is 11.8. The Morgan fingerprint density at radius 2 is 2.06 bits per heavy atom. The maximum Gasteiger partial charge on any atom is 0.224 e. The molecule has 98 valence electrons. The third-order valence-corrected chi connectivity index (χ3v) is 3.16. The van der Waals surface area contributed by atoms with Gasteiger partial charge in [-0.05, 0) is 0 Å². The molecule has 0 aromatic heterocycles. The Kier molecular flexibility index (Phi) is 4.73. The SMILES string of the molecule is O=C(CCNC1COCC1O)N1CCOCC1. The van der Waals surface area contributed by atoms with E-state index in [0.29, 0.717) is 52.5 Å². The van der Waals surface area contributed by atoms with Gasteiger partial charge < -0.3 is 24.8 Å². The van der Waals surface area contributed by atoms with E-state index in [4.69, 9.17) is 9.47 Å². The van der Waals surface area contributed by atoms with E-state index >= 15 is 0 Å². The van der Waals surface area contributed by atoms with Crippen LogP contribution in [0.15, 0.2) is 0 Å². The number of hydrogen-bond donors (Lipinski definition) is 2. The average Bonchev–Trinajstić information content (AvgIpc) is 2.76. The molecule has 2 aliphatic rings. The predicted molar refractivity (Wildman–Crippen MR) is 60.6 cm³/mol. The number of amides is 1. The fourth-order valence-corrected chi connectivity index (χ4v) is 2.07. The molecule has 2 rings (SSSR count). The second kappa shape index (κ2) is 6.30. The van der Waals surface area contributed by atoms with Crippen LogP contribution in [0.1, 0.15) is 6.42 Å². The molecule has 2 N–H and O–H groups in total. The highest BCUT2D eigenvalue weighted by Gasteiger charge is 2.25. The molecule has 17 heavy (non-hydrogen) atoms. The topological polar surface area (TPSA) is 71.0 Å². The van der Waals surface area contributed by atoms with Gasteiger partial charge in [-0.3, -0.25) is 4.79 Å².